The molecule has 0 aliphatic rings. The summed E-state index contributed by atoms with van der Waals surface area (Å²) in [4.78, 5) is 2.35. The second-order valence-electron chi connectivity index (χ2n) is 4.65. The van der Waals surface area contributed by atoms with E-state index in [9.17, 15) is 8.42 Å². The van der Waals surface area contributed by atoms with Gasteiger partial charge in [-0.25, -0.2) is 4.83 Å². The third-order valence-corrected chi connectivity index (χ3v) is 5.67. The van der Waals surface area contributed by atoms with Crippen molar-refractivity contribution in [3.05, 3.63) is 56.5 Å². The molecule has 0 amide bonds. The van der Waals surface area contributed by atoms with Crippen LogP contribution in [-0.4, -0.2) is 21.7 Å². The molecule has 0 aromatic heterocycles. The van der Waals surface area contributed by atoms with Gasteiger partial charge in [-0.2, -0.15) is 13.5 Å². The number of hydrogen-bond acceptors (Lipinski definition) is 4. The van der Waals surface area contributed by atoms with Gasteiger partial charge in [0.25, 0.3) is 10.0 Å². The summed E-state index contributed by atoms with van der Waals surface area (Å²) in [5.74, 6) is 0.607. The second-order valence-corrected chi connectivity index (χ2v) is 7.96. The van der Waals surface area contributed by atoms with Crippen LogP contribution in [0.15, 0.2) is 55.3 Å². The van der Waals surface area contributed by atoms with Crippen LogP contribution in [0.2, 0.25) is 0 Å². The number of rotatable bonds is 5. The van der Waals surface area contributed by atoms with E-state index >= 15 is 0 Å². The predicted octanol–water partition coefficient (Wildman–Crippen LogP) is 3.84. The standard InChI is InChI=1S/C15H14Br2N2O3S/c1-10-3-6-12(7-4-10)23(20,21)19-18-9-11-5-8-13(16)15(22-2)14(11)17/h3-9,19H,1-2H3. The van der Waals surface area contributed by atoms with E-state index in [-0.39, 0.29) is 4.90 Å². The van der Waals surface area contributed by atoms with Gasteiger partial charge in [0.1, 0.15) is 5.75 Å². The smallest absolute Gasteiger partial charge is 0.276 e. The Labute approximate surface area is 152 Å². The van der Waals surface area contributed by atoms with E-state index in [1.165, 1.54) is 18.3 Å². The third-order valence-electron chi connectivity index (χ3n) is 2.99. The van der Waals surface area contributed by atoms with E-state index < -0.39 is 10.0 Å². The molecule has 0 bridgehead atoms. The summed E-state index contributed by atoms with van der Waals surface area (Å²) < 4.78 is 31.0. The molecule has 0 spiro atoms. The van der Waals surface area contributed by atoms with Crippen molar-refractivity contribution in [3.8, 4) is 5.75 Å². The van der Waals surface area contributed by atoms with Gasteiger partial charge in [0, 0.05) is 5.56 Å². The highest BCUT2D eigenvalue weighted by Gasteiger charge is 2.12. The molecule has 8 heteroatoms. The van der Waals surface area contributed by atoms with Gasteiger partial charge in [-0.05, 0) is 57.0 Å². The minimum absolute atomic E-state index is 0.160. The molecule has 0 aliphatic heterocycles. The molecule has 0 aliphatic carbocycles. The van der Waals surface area contributed by atoms with Crippen LogP contribution in [0.25, 0.3) is 0 Å². The van der Waals surface area contributed by atoms with Crippen molar-refractivity contribution in [1.82, 2.24) is 4.83 Å². The number of ether oxygens (including phenoxy) is 1. The molecule has 2 aromatic carbocycles. The van der Waals surface area contributed by atoms with Crippen LogP contribution in [0.5, 0.6) is 5.75 Å². The molecule has 2 aromatic rings. The van der Waals surface area contributed by atoms with Gasteiger partial charge in [0.15, 0.2) is 0 Å². The van der Waals surface area contributed by atoms with Gasteiger partial charge in [0.2, 0.25) is 0 Å². The minimum atomic E-state index is -3.69. The molecule has 0 unspecified atom stereocenters. The lowest BCUT2D eigenvalue weighted by Gasteiger charge is -2.08. The largest absolute Gasteiger partial charge is 0.494 e. The quantitative estimate of drug-likeness (QED) is 0.543. The molecule has 0 fully saturated rings. The zero-order chi connectivity index (χ0) is 17.0. The fraction of sp³-hybridized carbons (Fsp3) is 0.133. The molecule has 5 nitrogen and oxygen atoms in total. The molecule has 122 valence electrons. The lowest BCUT2D eigenvalue weighted by atomic mass is 10.2. The molecular formula is C15H14Br2N2O3S. The van der Waals surface area contributed by atoms with Crippen LogP contribution >= 0.6 is 31.9 Å². The predicted molar refractivity (Wildman–Crippen MR) is 97.5 cm³/mol. The van der Waals surface area contributed by atoms with Crippen molar-refractivity contribution in [3.63, 3.8) is 0 Å². The number of aryl methyl sites for hydroxylation is 1. The molecule has 0 saturated carbocycles. The fourth-order valence-electron chi connectivity index (χ4n) is 1.77. The maximum atomic E-state index is 12.1. The van der Waals surface area contributed by atoms with Gasteiger partial charge in [-0.1, -0.05) is 23.8 Å². The van der Waals surface area contributed by atoms with Gasteiger partial charge >= 0.3 is 0 Å². The minimum Gasteiger partial charge on any atom is -0.494 e. The number of sulfonamides is 1. The van der Waals surface area contributed by atoms with Gasteiger partial charge in [-0.15, -0.1) is 0 Å². The van der Waals surface area contributed by atoms with E-state index in [4.69, 9.17) is 4.74 Å². The summed E-state index contributed by atoms with van der Waals surface area (Å²) in [5.41, 5.74) is 1.66. The average Bonchev–Trinajstić information content (AvgIpc) is 2.50. The van der Waals surface area contributed by atoms with Crippen molar-refractivity contribution in [2.45, 2.75) is 11.8 Å². The zero-order valence-corrected chi connectivity index (χ0v) is 16.4. The summed E-state index contributed by atoms with van der Waals surface area (Å²) in [6.45, 7) is 1.89. The van der Waals surface area contributed by atoms with Crippen LogP contribution in [0.4, 0.5) is 0 Å². The van der Waals surface area contributed by atoms with Gasteiger partial charge < -0.3 is 4.74 Å². The fourth-order valence-corrected chi connectivity index (χ4v) is 3.93. The average molecular weight is 462 g/mol. The Morgan fingerprint density at radius 3 is 2.39 bits per heavy atom. The summed E-state index contributed by atoms with van der Waals surface area (Å²) >= 11 is 6.77. The molecule has 23 heavy (non-hydrogen) atoms. The molecule has 0 atom stereocenters. The first-order chi connectivity index (χ1) is 10.8. The van der Waals surface area contributed by atoms with E-state index in [0.29, 0.717) is 15.8 Å². The van der Waals surface area contributed by atoms with E-state index in [0.717, 1.165) is 10.0 Å². The Morgan fingerprint density at radius 1 is 1.13 bits per heavy atom. The maximum Gasteiger partial charge on any atom is 0.276 e. The number of nitrogens with zero attached hydrogens (tertiary/aromatic N) is 1. The Kier molecular flexibility index (Phi) is 5.83. The first kappa shape index (κ1) is 18.0. The lowest BCUT2D eigenvalue weighted by Crippen LogP contribution is -2.18. The number of hydrogen-bond donors (Lipinski definition) is 1. The molecule has 1 N–H and O–H groups in total. The van der Waals surface area contributed by atoms with Crippen LogP contribution in [0, 0.1) is 6.92 Å². The van der Waals surface area contributed by atoms with Crippen molar-refractivity contribution < 1.29 is 13.2 Å². The Balaban J connectivity index is 2.20. The topological polar surface area (TPSA) is 67.8 Å². The molecular weight excluding hydrogens is 448 g/mol. The van der Waals surface area contributed by atoms with Crippen molar-refractivity contribution in [1.29, 1.82) is 0 Å². The summed E-state index contributed by atoms with van der Waals surface area (Å²) in [7, 11) is -2.14. The molecule has 0 radical (unpaired) electrons. The van der Waals surface area contributed by atoms with Crippen molar-refractivity contribution >= 4 is 48.1 Å². The summed E-state index contributed by atoms with van der Waals surface area (Å²) in [5, 5.41) is 3.81. The maximum absolute atomic E-state index is 12.1. The molecule has 2 rings (SSSR count). The highest BCUT2D eigenvalue weighted by molar-refractivity contribution is 9.11. The first-order valence-corrected chi connectivity index (χ1v) is 9.55. The highest BCUT2D eigenvalue weighted by Crippen LogP contribution is 2.35. The van der Waals surface area contributed by atoms with E-state index in [1.54, 1.807) is 31.4 Å². The van der Waals surface area contributed by atoms with Gasteiger partial charge in [0.05, 0.1) is 27.2 Å². The second kappa shape index (κ2) is 7.46. The highest BCUT2D eigenvalue weighted by atomic mass is 79.9. The monoisotopic (exact) mass is 460 g/mol. The number of halogens is 2. The summed E-state index contributed by atoms with van der Waals surface area (Å²) in [6, 6.07) is 10.1. The normalized spacial score (nSPS) is 11.7. The Bertz CT molecular complexity index is 835. The van der Waals surface area contributed by atoms with Crippen LogP contribution < -0.4 is 9.57 Å². The van der Waals surface area contributed by atoms with Crippen LogP contribution in [0.1, 0.15) is 11.1 Å². The number of hydrazone groups is 1. The van der Waals surface area contributed by atoms with Crippen molar-refractivity contribution in [2.75, 3.05) is 7.11 Å². The SMILES string of the molecule is COc1c(Br)ccc(C=NNS(=O)(=O)c2ccc(C)cc2)c1Br. The third kappa shape index (κ3) is 4.33. The van der Waals surface area contributed by atoms with Crippen LogP contribution in [0.3, 0.4) is 0 Å². The Hall–Kier alpha value is -1.38. The number of benzene rings is 2. The zero-order valence-electron chi connectivity index (χ0n) is 12.4. The number of nitrogens with one attached hydrogen (secondary N) is 1. The van der Waals surface area contributed by atoms with Crippen molar-refractivity contribution in [2.24, 2.45) is 5.10 Å². The molecule has 0 heterocycles. The van der Waals surface area contributed by atoms with E-state index in [1.807, 2.05) is 6.92 Å². The van der Waals surface area contributed by atoms with Gasteiger partial charge in [-0.3, -0.25) is 0 Å². The molecule has 0 saturated heterocycles. The van der Waals surface area contributed by atoms with E-state index in [2.05, 4.69) is 41.8 Å². The Morgan fingerprint density at radius 2 is 1.78 bits per heavy atom. The summed E-state index contributed by atoms with van der Waals surface area (Å²) in [6.07, 6.45) is 1.41. The number of methoxy groups -OCH3 is 1. The first-order valence-electron chi connectivity index (χ1n) is 6.48. The van der Waals surface area contributed by atoms with Crippen LogP contribution in [-0.2, 0) is 10.0 Å². The lowest BCUT2D eigenvalue weighted by molar-refractivity contribution is 0.409.